The third kappa shape index (κ3) is 43.7. The molecule has 4 N–H and O–H groups in total. The van der Waals surface area contributed by atoms with Gasteiger partial charge < -0.3 is 29.9 Å². The van der Waals surface area contributed by atoms with Gasteiger partial charge in [-0.25, -0.2) is 5.84 Å². The van der Waals surface area contributed by atoms with Crippen molar-refractivity contribution in [2.24, 2.45) is 11.6 Å². The number of nitrogens with zero attached hydrogens (tertiary/aromatic N) is 3. The number of carbonyl (C=O) groups excluding carboxylic acids is 2. The molecule has 0 unspecified atom stereocenters. The van der Waals surface area contributed by atoms with Crippen LogP contribution in [0.4, 0.5) is 0 Å². The molecule has 10 heteroatoms. The van der Waals surface area contributed by atoms with E-state index in [2.05, 4.69) is 37.5 Å². The molecular formula is C60H119N5O5. The molecule has 414 valence electrons. The fourth-order valence-corrected chi connectivity index (χ4v) is 9.94. The fraction of sp³-hybridized carbons (Fsp3) is 0.933. The second-order valence-electron chi connectivity index (χ2n) is 21.5. The van der Waals surface area contributed by atoms with Gasteiger partial charge in [0.2, 0.25) is 0 Å². The van der Waals surface area contributed by atoms with E-state index < -0.39 is 0 Å². The Hall–Kier alpha value is -1.88. The van der Waals surface area contributed by atoms with Crippen molar-refractivity contribution in [3.8, 4) is 0 Å². The average molecular weight is 991 g/mol. The molecule has 0 radical (unpaired) electrons. The van der Waals surface area contributed by atoms with Crippen LogP contribution in [0.5, 0.6) is 0 Å². The molecule has 1 saturated heterocycles. The highest BCUT2D eigenvalue weighted by atomic mass is 16.5. The third-order valence-electron chi connectivity index (χ3n) is 14.7. The topological polar surface area (TPSA) is 124 Å². The summed E-state index contributed by atoms with van der Waals surface area (Å²) < 4.78 is 17.7. The van der Waals surface area contributed by atoms with Crippen molar-refractivity contribution in [3.05, 3.63) is 11.9 Å². The first-order chi connectivity index (χ1) is 34.3. The van der Waals surface area contributed by atoms with Crippen LogP contribution in [0.25, 0.3) is 0 Å². The van der Waals surface area contributed by atoms with E-state index in [9.17, 15) is 9.59 Å². The molecule has 70 heavy (non-hydrogen) atoms. The summed E-state index contributed by atoms with van der Waals surface area (Å²) in [5.74, 6) is 6.39. The lowest BCUT2D eigenvalue weighted by molar-refractivity contribution is -0.151. The maximum absolute atomic E-state index is 13.0. The van der Waals surface area contributed by atoms with E-state index in [1.54, 1.807) is 5.01 Å². The monoisotopic (exact) mass is 990 g/mol. The van der Waals surface area contributed by atoms with Gasteiger partial charge in [0.25, 0.3) is 0 Å². The van der Waals surface area contributed by atoms with Crippen molar-refractivity contribution in [2.45, 2.75) is 303 Å². The highest BCUT2D eigenvalue weighted by Gasteiger charge is 2.17. The predicted octanol–water partition coefficient (Wildman–Crippen LogP) is 15.5. The van der Waals surface area contributed by atoms with Crippen LogP contribution in [0.2, 0.25) is 0 Å². The summed E-state index contributed by atoms with van der Waals surface area (Å²) >= 11 is 0. The van der Waals surface area contributed by atoms with Gasteiger partial charge >= 0.3 is 11.9 Å². The minimum Gasteiger partial charge on any atom is -0.462 e. The smallest absolute Gasteiger partial charge is 0.306 e. The highest BCUT2D eigenvalue weighted by molar-refractivity contribution is 5.69. The largest absolute Gasteiger partial charge is 0.462 e. The summed E-state index contributed by atoms with van der Waals surface area (Å²) in [5, 5.41) is 1.75. The van der Waals surface area contributed by atoms with Gasteiger partial charge in [0, 0.05) is 63.9 Å². The van der Waals surface area contributed by atoms with Gasteiger partial charge in [-0.3, -0.25) is 14.5 Å². The molecule has 1 aliphatic rings. The van der Waals surface area contributed by atoms with Crippen LogP contribution in [0, 0.1) is 0 Å². The Morgan fingerprint density at radius 2 is 0.814 bits per heavy atom. The first-order valence-corrected chi connectivity index (χ1v) is 30.7. The third-order valence-corrected chi connectivity index (χ3v) is 14.7. The summed E-state index contributed by atoms with van der Waals surface area (Å²) in [6.45, 7) is 17.3. The number of nitrogens with two attached hydrogens (primary N) is 2. The Morgan fingerprint density at radius 3 is 1.20 bits per heavy atom. The number of morpholine rings is 1. The van der Waals surface area contributed by atoms with Crippen molar-refractivity contribution in [3.63, 3.8) is 0 Å². The standard InChI is InChI=1S/C60H119N5O5/c1-5-9-13-17-23-31-39-57(40-32-24-18-14-10-6-2)69-59(66)43-35-27-21-29-37-46-63(48-45-56(61)55-65(62)50-49-64-51-53-68-54-52-64)47-38-30-22-28-36-44-60(67)70-58(41-33-25-19-15-11-7-3)42-34-26-20-16-12-8-4/h55,57-58H,5-54,61-62H2,1-4H3/b56-55-. The number of hydrazine groups is 1. The van der Waals surface area contributed by atoms with Crippen LogP contribution in [-0.2, 0) is 23.8 Å². The van der Waals surface area contributed by atoms with Crippen molar-refractivity contribution >= 4 is 11.9 Å². The second-order valence-corrected chi connectivity index (χ2v) is 21.5. The molecule has 0 aromatic rings. The van der Waals surface area contributed by atoms with Gasteiger partial charge in [-0.15, -0.1) is 0 Å². The van der Waals surface area contributed by atoms with E-state index in [0.29, 0.717) is 12.8 Å². The summed E-state index contributed by atoms with van der Waals surface area (Å²) in [5.41, 5.74) is 7.38. The summed E-state index contributed by atoms with van der Waals surface area (Å²) in [4.78, 5) is 30.9. The van der Waals surface area contributed by atoms with E-state index in [1.807, 2.05) is 6.20 Å². The first-order valence-electron chi connectivity index (χ1n) is 30.7. The van der Waals surface area contributed by atoms with Crippen molar-refractivity contribution in [2.75, 3.05) is 59.0 Å². The van der Waals surface area contributed by atoms with Crippen LogP contribution < -0.4 is 11.6 Å². The molecule has 0 aromatic heterocycles. The SMILES string of the molecule is CCCCCCCCC(CCCCCCCC)OC(=O)CCCCCCCN(CCCCCCCC(=O)OC(CCCCCCCC)CCCCCCCC)CC/C(N)=C/N(N)CCN1CCOCC1. The Kier molecular flexibility index (Phi) is 47.8. The zero-order chi connectivity index (χ0) is 50.8. The van der Waals surface area contributed by atoms with Crippen molar-refractivity contribution < 1.29 is 23.8 Å². The molecule has 1 fully saturated rings. The number of carbonyl (C=O) groups is 2. The number of hydrogen-bond donors (Lipinski definition) is 2. The van der Waals surface area contributed by atoms with Crippen LogP contribution in [0.15, 0.2) is 11.9 Å². The Morgan fingerprint density at radius 1 is 0.471 bits per heavy atom. The maximum atomic E-state index is 13.0. The Balaban J connectivity index is 2.55. The van der Waals surface area contributed by atoms with Crippen LogP contribution >= 0.6 is 0 Å². The molecule has 0 atom stereocenters. The van der Waals surface area contributed by atoms with Gasteiger partial charge in [0.1, 0.15) is 12.2 Å². The van der Waals surface area contributed by atoms with Gasteiger partial charge in [0.15, 0.2) is 0 Å². The lowest BCUT2D eigenvalue weighted by Crippen LogP contribution is -2.42. The number of esters is 2. The van der Waals surface area contributed by atoms with Gasteiger partial charge in [0.05, 0.1) is 13.2 Å². The molecule has 0 spiro atoms. The molecule has 1 rings (SSSR count). The highest BCUT2D eigenvalue weighted by Crippen LogP contribution is 2.21. The first kappa shape index (κ1) is 66.1. The fourth-order valence-electron chi connectivity index (χ4n) is 9.94. The summed E-state index contributed by atoms with van der Waals surface area (Å²) in [6, 6.07) is 0. The quantitative estimate of drug-likeness (QED) is 0.0263. The van der Waals surface area contributed by atoms with E-state index >= 15 is 0 Å². The van der Waals surface area contributed by atoms with Crippen LogP contribution in [-0.4, -0.2) is 98.0 Å². The molecule has 0 bridgehead atoms. The molecule has 1 heterocycles. The molecule has 0 aliphatic carbocycles. The maximum Gasteiger partial charge on any atom is 0.306 e. The van der Waals surface area contributed by atoms with E-state index in [-0.39, 0.29) is 24.1 Å². The molecule has 1 aliphatic heterocycles. The average Bonchev–Trinajstić information content (AvgIpc) is 3.35. The minimum absolute atomic E-state index is 0.0158. The number of rotatable bonds is 53. The van der Waals surface area contributed by atoms with Gasteiger partial charge in [-0.05, 0) is 90.1 Å². The second kappa shape index (κ2) is 50.6. The van der Waals surface area contributed by atoms with Crippen LogP contribution in [0.3, 0.4) is 0 Å². The molecule has 10 nitrogen and oxygen atoms in total. The van der Waals surface area contributed by atoms with E-state index in [4.69, 9.17) is 25.8 Å². The van der Waals surface area contributed by atoms with Crippen LogP contribution in [0.1, 0.15) is 291 Å². The Labute approximate surface area is 434 Å². The molecule has 0 saturated carbocycles. The summed E-state index contributed by atoms with van der Waals surface area (Å²) in [7, 11) is 0. The normalized spacial score (nSPS) is 13.6. The van der Waals surface area contributed by atoms with Gasteiger partial charge in [-0.2, -0.15) is 0 Å². The van der Waals surface area contributed by atoms with Crippen molar-refractivity contribution in [1.82, 2.24) is 14.8 Å². The lowest BCUT2D eigenvalue weighted by Gasteiger charge is -2.28. The zero-order valence-electron chi connectivity index (χ0n) is 47.1. The number of unbranched alkanes of at least 4 members (excludes halogenated alkanes) is 28. The zero-order valence-corrected chi connectivity index (χ0v) is 47.1. The number of ether oxygens (including phenoxy) is 3. The predicted molar refractivity (Wildman–Crippen MR) is 299 cm³/mol. The van der Waals surface area contributed by atoms with E-state index in [1.165, 1.54) is 167 Å². The Bertz CT molecular complexity index is 1070. The summed E-state index contributed by atoms with van der Waals surface area (Å²) in [6.07, 6.45) is 49.7. The van der Waals surface area contributed by atoms with Crippen molar-refractivity contribution in [1.29, 1.82) is 0 Å². The molecule has 0 aromatic carbocycles. The molecule has 0 amide bonds. The minimum atomic E-state index is 0.0158. The number of hydrogen-bond acceptors (Lipinski definition) is 10. The van der Waals surface area contributed by atoms with Gasteiger partial charge in [-0.1, -0.05) is 195 Å². The van der Waals surface area contributed by atoms with E-state index in [0.717, 1.165) is 148 Å². The molecular weight excluding hydrogens is 871 g/mol. The lowest BCUT2D eigenvalue weighted by atomic mass is 10.0.